The summed E-state index contributed by atoms with van der Waals surface area (Å²) in [5.41, 5.74) is 2.93. The molecule has 2 aliphatic rings. The van der Waals surface area contributed by atoms with Gasteiger partial charge in [0, 0.05) is 30.0 Å². The predicted molar refractivity (Wildman–Crippen MR) is 117 cm³/mol. The van der Waals surface area contributed by atoms with Gasteiger partial charge < -0.3 is 9.47 Å². The van der Waals surface area contributed by atoms with Gasteiger partial charge in [-0.2, -0.15) is 0 Å². The van der Waals surface area contributed by atoms with Crippen LogP contribution in [0.15, 0.2) is 47.7 Å². The largest absolute Gasteiger partial charge is 0.493 e. The summed E-state index contributed by atoms with van der Waals surface area (Å²) in [6, 6.07) is 10.6. The number of allylic oxidation sites excluding steroid dienone is 2. The molecule has 0 radical (unpaired) electrons. The zero-order valence-corrected chi connectivity index (χ0v) is 18.2. The Morgan fingerprint density at radius 3 is 2.40 bits per heavy atom. The van der Waals surface area contributed by atoms with Crippen molar-refractivity contribution in [3.05, 3.63) is 63.3 Å². The van der Waals surface area contributed by atoms with Crippen molar-refractivity contribution in [1.82, 2.24) is 0 Å². The van der Waals surface area contributed by atoms with Crippen molar-refractivity contribution in [3.8, 4) is 11.5 Å². The lowest BCUT2D eigenvalue weighted by Gasteiger charge is -2.38. The van der Waals surface area contributed by atoms with E-state index >= 15 is 0 Å². The molecule has 0 aromatic heterocycles. The Morgan fingerprint density at radius 1 is 0.933 bits per heavy atom. The van der Waals surface area contributed by atoms with Crippen LogP contribution in [0.1, 0.15) is 37.2 Å². The molecular weight excluding hydrogens is 425 g/mol. The first kappa shape index (κ1) is 20.8. The number of carbonyl (C=O) groups excluding carboxylic acids is 2. The van der Waals surface area contributed by atoms with E-state index in [9.17, 15) is 9.59 Å². The van der Waals surface area contributed by atoms with Gasteiger partial charge in [-0.1, -0.05) is 29.3 Å². The Morgan fingerprint density at radius 2 is 1.70 bits per heavy atom. The maximum Gasteiger partial charge on any atom is 0.232 e. The highest BCUT2D eigenvalue weighted by molar-refractivity contribution is 6.42. The number of benzene rings is 2. The van der Waals surface area contributed by atoms with E-state index in [4.69, 9.17) is 32.7 Å². The first-order valence-electron chi connectivity index (χ1n) is 9.70. The van der Waals surface area contributed by atoms with E-state index in [-0.39, 0.29) is 24.0 Å². The number of hydrogen-bond acceptors (Lipinski definition) is 4. The second kappa shape index (κ2) is 8.32. The van der Waals surface area contributed by atoms with Crippen LogP contribution in [0, 0.1) is 0 Å². The van der Waals surface area contributed by atoms with Gasteiger partial charge in [0.15, 0.2) is 17.3 Å². The number of rotatable bonds is 4. The van der Waals surface area contributed by atoms with Gasteiger partial charge in [0.05, 0.1) is 30.0 Å². The molecule has 0 N–H and O–H groups in total. The lowest BCUT2D eigenvalue weighted by molar-refractivity contribution is -0.119. The van der Waals surface area contributed by atoms with Crippen LogP contribution in [0.3, 0.4) is 0 Å². The summed E-state index contributed by atoms with van der Waals surface area (Å²) in [7, 11) is 3.14. The van der Waals surface area contributed by atoms with Gasteiger partial charge in [-0.25, -0.2) is 0 Å². The van der Waals surface area contributed by atoms with E-state index in [0.717, 1.165) is 11.3 Å². The van der Waals surface area contributed by atoms with Crippen molar-refractivity contribution in [3.63, 3.8) is 0 Å². The lowest BCUT2D eigenvalue weighted by atomic mass is 9.77. The van der Waals surface area contributed by atoms with Crippen molar-refractivity contribution in [2.45, 2.75) is 31.6 Å². The fourth-order valence-electron chi connectivity index (χ4n) is 4.27. The summed E-state index contributed by atoms with van der Waals surface area (Å²) in [5.74, 6) is 0.846. The van der Waals surface area contributed by atoms with Crippen LogP contribution in [0.25, 0.3) is 0 Å². The Hall–Kier alpha value is -2.50. The number of carbonyl (C=O) groups is 2. The minimum Gasteiger partial charge on any atom is -0.493 e. The van der Waals surface area contributed by atoms with Crippen LogP contribution in [-0.2, 0) is 9.59 Å². The second-order valence-electron chi connectivity index (χ2n) is 7.34. The van der Waals surface area contributed by atoms with E-state index in [1.807, 2.05) is 12.1 Å². The van der Waals surface area contributed by atoms with E-state index in [2.05, 4.69) is 0 Å². The smallest absolute Gasteiger partial charge is 0.232 e. The monoisotopic (exact) mass is 445 g/mol. The number of ether oxygens (including phenoxy) is 2. The molecule has 1 heterocycles. The summed E-state index contributed by atoms with van der Waals surface area (Å²) in [6.07, 6.45) is 2.02. The number of Topliss-reactive ketones (excluding diaryl/α,β-unsaturated/α-hetero) is 1. The van der Waals surface area contributed by atoms with Crippen molar-refractivity contribution in [2.24, 2.45) is 0 Å². The minimum absolute atomic E-state index is 0.0774. The van der Waals surface area contributed by atoms with Crippen LogP contribution in [0.4, 0.5) is 5.69 Å². The highest BCUT2D eigenvalue weighted by atomic mass is 35.5. The maximum absolute atomic E-state index is 13.3. The molecule has 0 spiro atoms. The standard InChI is InChI=1S/C23H21Cl2NO4/c1-29-20-9-6-13(10-21(20)30-2)15-12-22(28)26(14-7-8-16(24)17(25)11-14)18-4-3-5-19(27)23(15)18/h6-11,15H,3-5,12H2,1-2H3. The van der Waals surface area contributed by atoms with Crippen LogP contribution in [0.2, 0.25) is 10.0 Å². The van der Waals surface area contributed by atoms with E-state index in [0.29, 0.717) is 52.1 Å². The first-order chi connectivity index (χ1) is 14.4. The topological polar surface area (TPSA) is 55.8 Å². The predicted octanol–water partition coefficient (Wildman–Crippen LogP) is 5.54. The molecule has 7 heteroatoms. The zero-order valence-electron chi connectivity index (χ0n) is 16.7. The highest BCUT2D eigenvalue weighted by Gasteiger charge is 2.40. The van der Waals surface area contributed by atoms with Gasteiger partial charge in [-0.05, 0) is 48.7 Å². The summed E-state index contributed by atoms with van der Waals surface area (Å²) >= 11 is 12.2. The SMILES string of the molecule is COc1ccc(C2CC(=O)N(c3ccc(Cl)c(Cl)c3)C3=C2C(=O)CCC3)cc1OC. The molecule has 30 heavy (non-hydrogen) atoms. The molecule has 1 amide bonds. The Labute approximate surface area is 185 Å². The fraction of sp³-hybridized carbons (Fsp3) is 0.304. The van der Waals surface area contributed by atoms with Gasteiger partial charge in [0.1, 0.15) is 0 Å². The first-order valence-corrected chi connectivity index (χ1v) is 10.5. The summed E-state index contributed by atoms with van der Waals surface area (Å²) in [6.45, 7) is 0. The van der Waals surface area contributed by atoms with E-state index in [1.54, 1.807) is 43.4 Å². The van der Waals surface area contributed by atoms with Crippen LogP contribution >= 0.6 is 23.2 Å². The summed E-state index contributed by atoms with van der Waals surface area (Å²) in [5, 5.41) is 0.787. The Bertz CT molecular complexity index is 1060. The van der Waals surface area contributed by atoms with Crippen LogP contribution in [-0.4, -0.2) is 25.9 Å². The number of nitrogens with zero attached hydrogens (tertiary/aromatic N) is 1. The van der Waals surface area contributed by atoms with Crippen molar-refractivity contribution >= 4 is 40.6 Å². The number of ketones is 1. The molecule has 0 saturated carbocycles. The third kappa shape index (κ3) is 3.57. The molecule has 2 aromatic rings. The molecule has 1 unspecified atom stereocenters. The van der Waals surface area contributed by atoms with E-state index < -0.39 is 0 Å². The molecule has 2 aromatic carbocycles. The number of methoxy groups -OCH3 is 2. The van der Waals surface area contributed by atoms with Gasteiger partial charge in [-0.3, -0.25) is 14.5 Å². The number of halogens is 2. The van der Waals surface area contributed by atoms with Crippen molar-refractivity contribution < 1.29 is 19.1 Å². The molecule has 156 valence electrons. The average molecular weight is 446 g/mol. The fourth-order valence-corrected chi connectivity index (χ4v) is 4.56. The Kier molecular flexibility index (Phi) is 5.76. The van der Waals surface area contributed by atoms with Crippen LogP contribution < -0.4 is 14.4 Å². The third-order valence-electron chi connectivity index (χ3n) is 5.65. The molecule has 0 saturated heterocycles. The summed E-state index contributed by atoms with van der Waals surface area (Å²) in [4.78, 5) is 27.9. The van der Waals surface area contributed by atoms with Crippen LogP contribution in [0.5, 0.6) is 11.5 Å². The van der Waals surface area contributed by atoms with Crippen molar-refractivity contribution in [1.29, 1.82) is 0 Å². The molecule has 0 bridgehead atoms. The highest BCUT2D eigenvalue weighted by Crippen LogP contribution is 2.45. The molecule has 5 nitrogen and oxygen atoms in total. The number of amides is 1. The van der Waals surface area contributed by atoms with Gasteiger partial charge in [0.25, 0.3) is 0 Å². The molecule has 4 rings (SSSR count). The third-order valence-corrected chi connectivity index (χ3v) is 6.39. The lowest BCUT2D eigenvalue weighted by Crippen LogP contribution is -2.40. The Balaban J connectivity index is 1.84. The molecular formula is C23H21Cl2NO4. The normalized spacial score (nSPS) is 19.1. The molecule has 0 fully saturated rings. The quantitative estimate of drug-likeness (QED) is 0.619. The van der Waals surface area contributed by atoms with E-state index in [1.165, 1.54) is 0 Å². The molecule has 1 aliphatic carbocycles. The zero-order chi connectivity index (χ0) is 21.4. The van der Waals surface area contributed by atoms with Gasteiger partial charge in [-0.15, -0.1) is 0 Å². The van der Waals surface area contributed by atoms with Gasteiger partial charge >= 0.3 is 0 Å². The minimum atomic E-state index is -0.320. The second-order valence-corrected chi connectivity index (χ2v) is 8.15. The average Bonchev–Trinajstić information content (AvgIpc) is 2.75. The summed E-state index contributed by atoms with van der Waals surface area (Å²) < 4.78 is 10.7. The number of hydrogen-bond donors (Lipinski definition) is 0. The molecule has 1 aliphatic heterocycles. The van der Waals surface area contributed by atoms with Crippen molar-refractivity contribution in [2.75, 3.05) is 19.1 Å². The maximum atomic E-state index is 13.3. The molecule has 1 atom stereocenters. The van der Waals surface area contributed by atoms with Gasteiger partial charge in [0.2, 0.25) is 5.91 Å². The number of anilines is 1.